The molecule has 7 nitrogen and oxygen atoms in total. The molecular formula is C25H45NO6. The Balaban J connectivity index is 3.78. The van der Waals surface area contributed by atoms with Gasteiger partial charge in [-0.15, -0.1) is 6.58 Å². The van der Waals surface area contributed by atoms with Crippen LogP contribution in [0.5, 0.6) is 0 Å². The first kappa shape index (κ1) is 30.1. The molecule has 186 valence electrons. The van der Waals surface area contributed by atoms with Crippen LogP contribution in [0.3, 0.4) is 0 Å². The average molecular weight is 456 g/mol. The molecule has 0 aromatic carbocycles. The number of carboxylic acids is 3. The van der Waals surface area contributed by atoms with Crippen LogP contribution in [0.25, 0.3) is 0 Å². The summed E-state index contributed by atoms with van der Waals surface area (Å²) >= 11 is 0. The van der Waals surface area contributed by atoms with Crippen LogP contribution in [0.2, 0.25) is 0 Å². The Morgan fingerprint density at radius 1 is 0.625 bits per heavy atom. The van der Waals surface area contributed by atoms with Crippen molar-refractivity contribution in [2.24, 2.45) is 0 Å². The predicted octanol–water partition coefficient (Wildman–Crippen LogP) is 4.15. The fourth-order valence-electron chi connectivity index (χ4n) is 4.29. The molecule has 0 rings (SSSR count). The molecule has 0 radical (unpaired) electrons. The van der Waals surface area contributed by atoms with Crippen LogP contribution in [0.15, 0.2) is 12.7 Å². The Hall–Kier alpha value is -1.89. The summed E-state index contributed by atoms with van der Waals surface area (Å²) in [6, 6.07) is 0. The van der Waals surface area contributed by atoms with Crippen LogP contribution in [0, 0.1) is 0 Å². The van der Waals surface area contributed by atoms with Crippen LogP contribution in [-0.2, 0) is 14.4 Å². The first-order valence-corrected chi connectivity index (χ1v) is 12.4. The summed E-state index contributed by atoms with van der Waals surface area (Å²) in [6.45, 7) is 2.34. The van der Waals surface area contributed by atoms with Gasteiger partial charge in [0.2, 0.25) is 0 Å². The van der Waals surface area contributed by atoms with Gasteiger partial charge in [0.05, 0.1) is 12.5 Å². The van der Waals surface area contributed by atoms with Gasteiger partial charge >= 0.3 is 11.9 Å². The van der Waals surface area contributed by atoms with Gasteiger partial charge in [0, 0.05) is 0 Å². The second-order valence-electron chi connectivity index (χ2n) is 9.08. The molecule has 0 spiro atoms. The summed E-state index contributed by atoms with van der Waals surface area (Å²) < 4.78 is -0.498. The maximum atomic E-state index is 11.1. The molecule has 0 heterocycles. The highest BCUT2D eigenvalue weighted by Gasteiger charge is 2.33. The standard InChI is InChI=1S/C25H45NO6/c1-2-3-4-5-6-7-8-9-10-11-12-13-14-15-16-17-18-19-26(20-23(27)28,21-24(29)30)22-25(31)32/h2H,1,3-22H2,(H2-,27,28,29,30,31,32). The maximum Gasteiger partial charge on any atom is 0.359 e. The SMILES string of the molecule is C=CCCCCCCCCCCCCCCCCC[N+](CC(=O)[O-])(CC(=O)O)CC(=O)O. The normalized spacial score (nSPS) is 11.4. The number of carbonyl (C=O) groups is 3. The van der Waals surface area contributed by atoms with Crippen LogP contribution >= 0.6 is 0 Å². The highest BCUT2D eigenvalue weighted by molar-refractivity contribution is 5.72. The molecule has 2 N–H and O–H groups in total. The van der Waals surface area contributed by atoms with E-state index in [-0.39, 0.29) is 6.54 Å². The van der Waals surface area contributed by atoms with Crippen LogP contribution in [0.1, 0.15) is 103 Å². The number of allylic oxidation sites excluding steroid dienone is 1. The minimum Gasteiger partial charge on any atom is -0.544 e. The van der Waals surface area contributed by atoms with E-state index in [1.807, 2.05) is 6.08 Å². The minimum atomic E-state index is -1.42. The molecule has 7 heteroatoms. The van der Waals surface area contributed by atoms with Gasteiger partial charge < -0.3 is 24.6 Å². The zero-order chi connectivity index (χ0) is 24.1. The van der Waals surface area contributed by atoms with Crippen LogP contribution in [-0.4, -0.2) is 58.8 Å². The van der Waals surface area contributed by atoms with Gasteiger partial charge in [-0.1, -0.05) is 83.1 Å². The van der Waals surface area contributed by atoms with Gasteiger partial charge in [0.25, 0.3) is 0 Å². The number of rotatable bonds is 24. The van der Waals surface area contributed by atoms with E-state index < -0.39 is 42.0 Å². The molecule has 0 bridgehead atoms. The molecule has 0 aliphatic rings. The summed E-state index contributed by atoms with van der Waals surface area (Å²) in [5, 5.41) is 29.2. The zero-order valence-electron chi connectivity index (χ0n) is 19.9. The minimum absolute atomic E-state index is 0.223. The second-order valence-corrected chi connectivity index (χ2v) is 9.08. The summed E-state index contributed by atoms with van der Waals surface area (Å²) in [7, 11) is 0. The second kappa shape index (κ2) is 19.8. The number of quaternary nitrogens is 1. The van der Waals surface area contributed by atoms with E-state index in [0.717, 1.165) is 25.7 Å². The topological polar surface area (TPSA) is 115 Å². The lowest BCUT2D eigenvalue weighted by atomic mass is 10.0. The van der Waals surface area contributed by atoms with Gasteiger partial charge in [-0.2, -0.15) is 0 Å². The lowest BCUT2D eigenvalue weighted by Crippen LogP contribution is -2.59. The summed E-state index contributed by atoms with van der Waals surface area (Å²) in [5.41, 5.74) is 0. The van der Waals surface area contributed by atoms with Crippen molar-refractivity contribution in [2.45, 2.75) is 103 Å². The lowest BCUT2D eigenvalue weighted by Gasteiger charge is -2.36. The lowest BCUT2D eigenvalue weighted by molar-refractivity contribution is -0.909. The molecule has 0 fully saturated rings. The van der Waals surface area contributed by atoms with Crippen molar-refractivity contribution in [3.8, 4) is 0 Å². The van der Waals surface area contributed by atoms with Crippen LogP contribution < -0.4 is 5.11 Å². The third kappa shape index (κ3) is 18.8. The molecule has 0 aliphatic heterocycles. The largest absolute Gasteiger partial charge is 0.544 e. The quantitative estimate of drug-likeness (QED) is 0.128. The Morgan fingerprint density at radius 2 is 0.969 bits per heavy atom. The molecule has 0 unspecified atom stereocenters. The van der Waals surface area contributed by atoms with Crippen molar-refractivity contribution in [3.63, 3.8) is 0 Å². The number of carbonyl (C=O) groups excluding carboxylic acids is 1. The van der Waals surface area contributed by atoms with E-state index in [4.69, 9.17) is 10.2 Å². The highest BCUT2D eigenvalue weighted by Crippen LogP contribution is 2.15. The monoisotopic (exact) mass is 455 g/mol. The van der Waals surface area contributed by atoms with E-state index in [0.29, 0.717) is 6.42 Å². The van der Waals surface area contributed by atoms with Gasteiger partial charge in [-0.3, -0.25) is 0 Å². The van der Waals surface area contributed by atoms with Crippen molar-refractivity contribution in [1.29, 1.82) is 0 Å². The van der Waals surface area contributed by atoms with E-state index in [9.17, 15) is 19.5 Å². The molecule has 32 heavy (non-hydrogen) atoms. The Bertz CT molecular complexity index is 494. The average Bonchev–Trinajstić information content (AvgIpc) is 2.68. The first-order valence-electron chi connectivity index (χ1n) is 12.4. The van der Waals surface area contributed by atoms with Crippen molar-refractivity contribution < 1.29 is 34.2 Å². The first-order chi connectivity index (χ1) is 15.3. The highest BCUT2D eigenvalue weighted by atomic mass is 16.4. The Morgan fingerprint density at radius 3 is 1.28 bits per heavy atom. The molecule has 0 amide bonds. The number of carboxylic acid groups (broad SMARTS) is 3. The third-order valence-corrected chi connectivity index (χ3v) is 5.95. The molecule has 0 aromatic heterocycles. The van der Waals surface area contributed by atoms with Crippen molar-refractivity contribution in [3.05, 3.63) is 12.7 Å². The van der Waals surface area contributed by atoms with Gasteiger partial charge in [0.15, 0.2) is 13.1 Å². The number of hydrogen-bond donors (Lipinski definition) is 2. The summed E-state index contributed by atoms with van der Waals surface area (Å²) in [4.78, 5) is 33.3. The summed E-state index contributed by atoms with van der Waals surface area (Å²) in [6.07, 6.45) is 20.9. The fraction of sp³-hybridized carbons (Fsp3) is 0.800. The Labute approximate surface area is 194 Å². The third-order valence-electron chi connectivity index (χ3n) is 5.95. The van der Waals surface area contributed by atoms with Crippen molar-refractivity contribution >= 4 is 17.9 Å². The van der Waals surface area contributed by atoms with E-state index in [2.05, 4.69) is 6.58 Å². The van der Waals surface area contributed by atoms with E-state index in [1.54, 1.807) is 0 Å². The molecule has 0 atom stereocenters. The summed E-state index contributed by atoms with van der Waals surface area (Å²) in [5.74, 6) is -3.82. The molecule has 0 aromatic rings. The number of unbranched alkanes of at least 4 members (excludes halogenated alkanes) is 15. The number of aliphatic carboxylic acids is 3. The molecule has 0 saturated carbocycles. The zero-order valence-corrected chi connectivity index (χ0v) is 19.9. The van der Waals surface area contributed by atoms with Gasteiger partial charge in [0.1, 0.15) is 6.54 Å². The van der Waals surface area contributed by atoms with Gasteiger partial charge in [-0.05, 0) is 25.7 Å². The van der Waals surface area contributed by atoms with Gasteiger partial charge in [-0.25, -0.2) is 9.59 Å². The molecule has 0 aliphatic carbocycles. The van der Waals surface area contributed by atoms with Crippen molar-refractivity contribution in [1.82, 2.24) is 0 Å². The molecule has 0 saturated heterocycles. The van der Waals surface area contributed by atoms with Crippen molar-refractivity contribution in [2.75, 3.05) is 26.2 Å². The number of nitrogens with zero attached hydrogens (tertiary/aromatic N) is 1. The van der Waals surface area contributed by atoms with E-state index in [1.165, 1.54) is 70.6 Å². The predicted molar refractivity (Wildman–Crippen MR) is 124 cm³/mol. The fourth-order valence-corrected chi connectivity index (χ4v) is 4.29. The van der Waals surface area contributed by atoms with Crippen LogP contribution in [0.4, 0.5) is 0 Å². The maximum absolute atomic E-state index is 11.1. The smallest absolute Gasteiger partial charge is 0.359 e. The number of hydrogen-bond acceptors (Lipinski definition) is 4. The molecular weight excluding hydrogens is 410 g/mol. The Kier molecular flexibility index (Phi) is 18.6. The van der Waals surface area contributed by atoms with E-state index >= 15 is 0 Å².